The van der Waals surface area contributed by atoms with E-state index in [4.69, 9.17) is 9.47 Å². The molecule has 0 bridgehead atoms. The molecule has 3 aromatic rings. The summed E-state index contributed by atoms with van der Waals surface area (Å²) in [6.07, 6.45) is 0.500. The van der Waals surface area contributed by atoms with Gasteiger partial charge in [-0.3, -0.25) is 19.8 Å². The number of halogens is 1. The number of para-hydroxylation sites is 1. The molecule has 2 N–H and O–H groups in total. The molecule has 2 amide bonds. The van der Waals surface area contributed by atoms with Gasteiger partial charge in [0.25, 0.3) is 11.5 Å². The number of carbonyl (C=O) groups excluding carboxylic acids is 2. The molecule has 1 aromatic carbocycles. The van der Waals surface area contributed by atoms with Gasteiger partial charge in [0.15, 0.2) is 11.8 Å². The molecule has 0 saturated heterocycles. The maximum absolute atomic E-state index is 13.1. The van der Waals surface area contributed by atoms with E-state index in [1.165, 1.54) is 11.3 Å². The fourth-order valence-electron chi connectivity index (χ4n) is 2.77. The normalized spacial score (nSPS) is 11.8. The first-order chi connectivity index (χ1) is 15.9. The minimum absolute atomic E-state index is 0.200. The van der Waals surface area contributed by atoms with Crippen molar-refractivity contribution in [3.8, 4) is 5.75 Å². The van der Waals surface area contributed by atoms with E-state index in [1.807, 2.05) is 13.0 Å². The Balaban J connectivity index is 1.81. The van der Waals surface area contributed by atoms with Crippen molar-refractivity contribution in [2.24, 2.45) is 0 Å². The maximum Gasteiger partial charge on any atom is 0.291 e. The molecule has 33 heavy (non-hydrogen) atoms. The molecule has 0 aliphatic heterocycles. The monoisotopic (exact) mass is 554 g/mol. The summed E-state index contributed by atoms with van der Waals surface area (Å²) in [4.78, 5) is 42.7. The lowest BCUT2D eigenvalue weighted by atomic mass is 10.3. The largest absolute Gasteiger partial charge is 0.483 e. The molecule has 12 heteroatoms. The third-order valence-electron chi connectivity index (χ3n) is 4.40. The number of rotatable bonds is 11. The Hall–Kier alpha value is -2.41. The third kappa shape index (κ3) is 6.56. The standard InChI is InChI=1S/C21H23BrN4O5S2/c1-3-16(19(28)23-9-10-30-2)33-21-24-14-8-11-32-18(14)20(29)26(21)25-17(27)12-31-15-7-5-4-6-13(15)22/h4-8,11,16H,3,9-10,12H2,1-2H3,(H,23,28)(H,25,27)/t16-/m1/s1. The van der Waals surface area contributed by atoms with Gasteiger partial charge in [0.05, 0.1) is 21.8 Å². The Morgan fingerprint density at radius 1 is 1.30 bits per heavy atom. The van der Waals surface area contributed by atoms with Crippen LogP contribution in [0, 0.1) is 0 Å². The fraction of sp³-hybridized carbons (Fsp3) is 0.333. The van der Waals surface area contributed by atoms with Gasteiger partial charge in [-0.25, -0.2) is 4.98 Å². The minimum Gasteiger partial charge on any atom is -0.483 e. The molecule has 176 valence electrons. The van der Waals surface area contributed by atoms with Crippen molar-refractivity contribution in [1.82, 2.24) is 15.0 Å². The highest BCUT2D eigenvalue weighted by molar-refractivity contribution is 9.10. The van der Waals surface area contributed by atoms with E-state index >= 15 is 0 Å². The summed E-state index contributed by atoms with van der Waals surface area (Å²) >= 11 is 5.71. The summed E-state index contributed by atoms with van der Waals surface area (Å²) in [5.74, 6) is -0.237. The van der Waals surface area contributed by atoms with E-state index in [1.54, 1.807) is 36.8 Å². The lowest BCUT2D eigenvalue weighted by Gasteiger charge is -2.18. The zero-order valence-corrected chi connectivity index (χ0v) is 21.2. The van der Waals surface area contributed by atoms with Crippen molar-refractivity contribution in [3.63, 3.8) is 0 Å². The lowest BCUT2D eigenvalue weighted by Crippen LogP contribution is -2.38. The predicted octanol–water partition coefficient (Wildman–Crippen LogP) is 3.00. The number of carbonyl (C=O) groups is 2. The van der Waals surface area contributed by atoms with Gasteiger partial charge in [0.2, 0.25) is 5.91 Å². The number of thiophene rings is 1. The van der Waals surface area contributed by atoms with Crippen molar-refractivity contribution in [3.05, 3.63) is 50.5 Å². The number of nitrogens with zero attached hydrogens (tertiary/aromatic N) is 2. The molecular weight excluding hydrogens is 532 g/mol. The average molecular weight is 555 g/mol. The maximum atomic E-state index is 13.1. The number of benzene rings is 1. The first-order valence-electron chi connectivity index (χ1n) is 10.0. The number of ether oxygens (including phenoxy) is 2. The quantitative estimate of drug-likeness (QED) is 0.213. The number of aromatic nitrogens is 2. The van der Waals surface area contributed by atoms with Gasteiger partial charge in [-0.2, -0.15) is 4.68 Å². The second kappa shape index (κ2) is 12.2. The minimum atomic E-state index is -0.537. The van der Waals surface area contributed by atoms with Crippen LogP contribution < -0.4 is 21.0 Å². The molecule has 0 unspecified atom stereocenters. The first kappa shape index (κ1) is 25.2. The molecular formula is C21H23BrN4O5S2. The highest BCUT2D eigenvalue weighted by Crippen LogP contribution is 2.26. The zero-order valence-electron chi connectivity index (χ0n) is 18.0. The average Bonchev–Trinajstić information content (AvgIpc) is 3.28. The van der Waals surface area contributed by atoms with Gasteiger partial charge in [-0.05, 0) is 45.9 Å². The van der Waals surface area contributed by atoms with E-state index in [9.17, 15) is 14.4 Å². The first-order valence-corrected chi connectivity index (χ1v) is 12.6. The zero-order chi connectivity index (χ0) is 23.8. The Morgan fingerprint density at radius 3 is 2.82 bits per heavy atom. The summed E-state index contributed by atoms with van der Waals surface area (Å²) < 4.78 is 12.7. The van der Waals surface area contributed by atoms with Gasteiger partial charge >= 0.3 is 0 Å². The van der Waals surface area contributed by atoms with Gasteiger partial charge in [-0.1, -0.05) is 30.8 Å². The van der Waals surface area contributed by atoms with Gasteiger partial charge in [-0.15, -0.1) is 11.3 Å². The molecule has 9 nitrogen and oxygen atoms in total. The molecule has 0 radical (unpaired) electrons. The van der Waals surface area contributed by atoms with E-state index < -0.39 is 16.7 Å². The topological polar surface area (TPSA) is 112 Å². The summed E-state index contributed by atoms with van der Waals surface area (Å²) in [5, 5.41) is 4.26. The van der Waals surface area contributed by atoms with Gasteiger partial charge in [0.1, 0.15) is 10.4 Å². The number of methoxy groups -OCH3 is 1. The van der Waals surface area contributed by atoms with Crippen molar-refractivity contribution < 1.29 is 19.1 Å². The number of hydrogen-bond acceptors (Lipinski definition) is 8. The van der Waals surface area contributed by atoms with Crippen molar-refractivity contribution >= 4 is 61.1 Å². The second-order valence-electron chi connectivity index (χ2n) is 6.72. The van der Waals surface area contributed by atoms with Crippen LogP contribution in [0.2, 0.25) is 0 Å². The molecule has 3 rings (SSSR count). The van der Waals surface area contributed by atoms with E-state index in [2.05, 4.69) is 31.7 Å². The number of hydrogen-bond donors (Lipinski definition) is 2. The molecule has 0 fully saturated rings. The number of amides is 2. The SMILES string of the molecule is CC[C@@H](Sc1nc2ccsc2c(=O)n1NC(=O)COc1ccccc1Br)C(=O)NCCOC. The van der Waals surface area contributed by atoms with Crippen LogP contribution >= 0.6 is 39.0 Å². The number of fused-ring (bicyclic) bond motifs is 1. The van der Waals surface area contributed by atoms with Crippen LogP contribution in [0.5, 0.6) is 5.75 Å². The number of nitrogens with one attached hydrogen (secondary N) is 2. The van der Waals surface area contributed by atoms with E-state index in [0.29, 0.717) is 40.0 Å². The third-order valence-corrected chi connectivity index (χ3v) is 7.26. The molecule has 1 atom stereocenters. The Labute approximate surface area is 207 Å². The highest BCUT2D eigenvalue weighted by Gasteiger charge is 2.23. The molecule has 2 heterocycles. The molecule has 0 saturated carbocycles. The Bertz CT molecular complexity index is 1180. The summed E-state index contributed by atoms with van der Waals surface area (Å²) in [5.41, 5.74) is 2.66. The number of thioether (sulfide) groups is 1. The fourth-order valence-corrected chi connectivity index (χ4v) is 4.93. The lowest BCUT2D eigenvalue weighted by molar-refractivity contribution is -0.121. The van der Waals surface area contributed by atoms with Crippen LogP contribution in [0.4, 0.5) is 0 Å². The Kier molecular flexibility index (Phi) is 9.30. The van der Waals surface area contributed by atoms with Crippen molar-refractivity contribution in [2.75, 3.05) is 32.3 Å². The Morgan fingerprint density at radius 2 is 2.09 bits per heavy atom. The van der Waals surface area contributed by atoms with Crippen LogP contribution in [0.25, 0.3) is 10.2 Å². The van der Waals surface area contributed by atoms with E-state index in [-0.39, 0.29) is 17.7 Å². The molecule has 2 aromatic heterocycles. The predicted molar refractivity (Wildman–Crippen MR) is 133 cm³/mol. The smallest absolute Gasteiger partial charge is 0.291 e. The molecule has 0 aliphatic carbocycles. The summed E-state index contributed by atoms with van der Waals surface area (Å²) in [6.45, 7) is 2.32. The van der Waals surface area contributed by atoms with Crippen LogP contribution in [0.15, 0.2) is 50.1 Å². The summed E-state index contributed by atoms with van der Waals surface area (Å²) in [7, 11) is 1.56. The van der Waals surface area contributed by atoms with Gasteiger partial charge in [0, 0.05) is 13.7 Å². The molecule has 0 aliphatic rings. The van der Waals surface area contributed by atoms with Crippen LogP contribution in [0.1, 0.15) is 13.3 Å². The highest BCUT2D eigenvalue weighted by atomic mass is 79.9. The van der Waals surface area contributed by atoms with Crippen LogP contribution in [-0.4, -0.2) is 53.6 Å². The summed E-state index contributed by atoms with van der Waals surface area (Å²) in [6, 6.07) is 8.86. The van der Waals surface area contributed by atoms with Gasteiger partial charge < -0.3 is 14.8 Å². The second-order valence-corrected chi connectivity index (χ2v) is 9.66. The van der Waals surface area contributed by atoms with Crippen molar-refractivity contribution in [2.45, 2.75) is 23.8 Å². The van der Waals surface area contributed by atoms with E-state index in [0.717, 1.165) is 16.4 Å². The van der Waals surface area contributed by atoms with Crippen molar-refractivity contribution in [1.29, 1.82) is 0 Å². The van der Waals surface area contributed by atoms with Crippen LogP contribution in [0.3, 0.4) is 0 Å². The molecule has 0 spiro atoms. The van der Waals surface area contributed by atoms with Crippen LogP contribution in [-0.2, 0) is 14.3 Å².